The molecule has 0 unspecified atom stereocenters. The van der Waals surface area contributed by atoms with Gasteiger partial charge in [-0.1, -0.05) is 11.8 Å². The van der Waals surface area contributed by atoms with E-state index in [2.05, 4.69) is 11.8 Å². The average molecular weight is 163 g/mol. The number of benzene rings is 1. The van der Waals surface area contributed by atoms with Crippen molar-refractivity contribution in [3.8, 4) is 23.3 Å². The molecule has 1 aromatic rings. The lowest BCUT2D eigenvalue weighted by Gasteiger charge is -1.96. The molecule has 12 heavy (non-hydrogen) atoms. The lowest BCUT2D eigenvalue weighted by atomic mass is 10.2. The first-order valence-corrected chi connectivity index (χ1v) is 3.45. The van der Waals surface area contributed by atoms with E-state index in [-0.39, 0.29) is 18.0 Å². The summed E-state index contributed by atoms with van der Waals surface area (Å²) >= 11 is 0. The van der Waals surface area contributed by atoms with Crippen LogP contribution in [0, 0.1) is 11.8 Å². The second kappa shape index (κ2) is 3.65. The predicted octanol–water partition coefficient (Wildman–Crippen LogP) is 0.408. The quantitative estimate of drug-likeness (QED) is 0.485. The first-order chi connectivity index (χ1) is 5.74. The van der Waals surface area contributed by atoms with Crippen LogP contribution < -0.4 is 5.73 Å². The number of phenolic OH excluding ortho intramolecular Hbond substituents is 2. The highest BCUT2D eigenvalue weighted by Gasteiger charge is 1.97. The summed E-state index contributed by atoms with van der Waals surface area (Å²) in [6.45, 7) is 0.250. The van der Waals surface area contributed by atoms with Crippen LogP contribution >= 0.6 is 0 Å². The van der Waals surface area contributed by atoms with Gasteiger partial charge in [0.05, 0.1) is 12.1 Å². The molecule has 0 aliphatic carbocycles. The zero-order chi connectivity index (χ0) is 8.97. The summed E-state index contributed by atoms with van der Waals surface area (Å²) in [6, 6.07) is 4.23. The molecular formula is C9H9NO2. The van der Waals surface area contributed by atoms with Gasteiger partial charge in [0.25, 0.3) is 0 Å². The van der Waals surface area contributed by atoms with Gasteiger partial charge in [0.1, 0.15) is 11.5 Å². The van der Waals surface area contributed by atoms with E-state index in [1.165, 1.54) is 18.2 Å². The average Bonchev–Trinajstić information content (AvgIpc) is 2.03. The summed E-state index contributed by atoms with van der Waals surface area (Å²) in [5.41, 5.74) is 5.62. The standard InChI is InChI=1S/C9H9NO2/c10-5-1-2-7-3-4-8(11)6-9(7)12/h3-4,6,11-12H,5,10H2. The Morgan fingerprint density at radius 1 is 1.33 bits per heavy atom. The molecule has 0 aliphatic heterocycles. The van der Waals surface area contributed by atoms with Gasteiger partial charge in [0.15, 0.2) is 0 Å². The first kappa shape index (κ1) is 8.44. The molecule has 0 aromatic heterocycles. The Balaban J connectivity index is 3.01. The van der Waals surface area contributed by atoms with Crippen LogP contribution in [0.4, 0.5) is 0 Å². The molecule has 0 aliphatic rings. The fourth-order valence-electron chi connectivity index (χ4n) is 0.772. The highest BCUT2D eigenvalue weighted by atomic mass is 16.3. The molecule has 3 nitrogen and oxygen atoms in total. The van der Waals surface area contributed by atoms with Crippen molar-refractivity contribution in [2.45, 2.75) is 0 Å². The maximum atomic E-state index is 9.21. The lowest BCUT2D eigenvalue weighted by molar-refractivity contribution is 0.449. The van der Waals surface area contributed by atoms with Gasteiger partial charge in [-0.2, -0.15) is 0 Å². The number of phenols is 2. The summed E-state index contributed by atoms with van der Waals surface area (Å²) in [6.07, 6.45) is 0. The highest BCUT2D eigenvalue weighted by molar-refractivity contribution is 5.48. The van der Waals surface area contributed by atoms with Crippen LogP contribution in [-0.2, 0) is 0 Å². The van der Waals surface area contributed by atoms with Crippen LogP contribution in [-0.4, -0.2) is 16.8 Å². The molecule has 0 atom stereocenters. The van der Waals surface area contributed by atoms with Gasteiger partial charge in [0.2, 0.25) is 0 Å². The normalized spacial score (nSPS) is 8.75. The van der Waals surface area contributed by atoms with Gasteiger partial charge >= 0.3 is 0 Å². The second-order valence-corrected chi connectivity index (χ2v) is 2.21. The molecule has 0 heterocycles. The van der Waals surface area contributed by atoms with Crippen LogP contribution in [0.5, 0.6) is 11.5 Å². The van der Waals surface area contributed by atoms with Crippen molar-refractivity contribution in [1.29, 1.82) is 0 Å². The van der Waals surface area contributed by atoms with E-state index < -0.39 is 0 Å². The maximum absolute atomic E-state index is 9.21. The van der Waals surface area contributed by atoms with Crippen LogP contribution in [0.25, 0.3) is 0 Å². The van der Waals surface area contributed by atoms with Gasteiger partial charge in [-0.25, -0.2) is 0 Å². The van der Waals surface area contributed by atoms with Gasteiger partial charge < -0.3 is 15.9 Å². The van der Waals surface area contributed by atoms with Crippen LogP contribution in [0.3, 0.4) is 0 Å². The third kappa shape index (κ3) is 1.91. The fraction of sp³-hybridized carbons (Fsp3) is 0.111. The van der Waals surface area contributed by atoms with E-state index in [0.717, 1.165) is 0 Å². The Morgan fingerprint density at radius 3 is 2.67 bits per heavy atom. The Bertz CT molecular complexity index is 336. The summed E-state index contributed by atoms with van der Waals surface area (Å²) < 4.78 is 0. The van der Waals surface area contributed by atoms with Crippen molar-refractivity contribution >= 4 is 0 Å². The van der Waals surface area contributed by atoms with Crippen molar-refractivity contribution in [3.63, 3.8) is 0 Å². The van der Waals surface area contributed by atoms with Gasteiger partial charge in [0, 0.05) is 6.07 Å². The van der Waals surface area contributed by atoms with Crippen LogP contribution in [0.15, 0.2) is 18.2 Å². The number of aromatic hydroxyl groups is 2. The Morgan fingerprint density at radius 2 is 2.08 bits per heavy atom. The van der Waals surface area contributed by atoms with Crippen molar-refractivity contribution in [3.05, 3.63) is 23.8 Å². The van der Waals surface area contributed by atoms with E-state index in [0.29, 0.717) is 5.56 Å². The molecule has 4 N–H and O–H groups in total. The van der Waals surface area contributed by atoms with Gasteiger partial charge in [-0.05, 0) is 12.1 Å². The van der Waals surface area contributed by atoms with Crippen molar-refractivity contribution in [2.75, 3.05) is 6.54 Å². The molecule has 0 spiro atoms. The molecule has 0 saturated heterocycles. The largest absolute Gasteiger partial charge is 0.508 e. The minimum atomic E-state index is -0.0315. The Labute approximate surface area is 70.5 Å². The van der Waals surface area contributed by atoms with Crippen LogP contribution in [0.1, 0.15) is 5.56 Å². The lowest BCUT2D eigenvalue weighted by Crippen LogP contribution is -1.93. The third-order valence-corrected chi connectivity index (χ3v) is 1.31. The molecule has 0 amide bonds. The zero-order valence-corrected chi connectivity index (χ0v) is 6.41. The second-order valence-electron chi connectivity index (χ2n) is 2.21. The smallest absolute Gasteiger partial charge is 0.134 e. The fourth-order valence-corrected chi connectivity index (χ4v) is 0.772. The summed E-state index contributed by atoms with van der Waals surface area (Å²) in [7, 11) is 0. The number of rotatable bonds is 0. The number of hydrogen-bond acceptors (Lipinski definition) is 3. The first-order valence-electron chi connectivity index (χ1n) is 3.45. The molecule has 3 heteroatoms. The monoisotopic (exact) mass is 163 g/mol. The Kier molecular flexibility index (Phi) is 2.57. The highest BCUT2D eigenvalue weighted by Crippen LogP contribution is 2.21. The topological polar surface area (TPSA) is 66.5 Å². The molecule has 0 radical (unpaired) electrons. The molecule has 0 fully saturated rings. The SMILES string of the molecule is NCC#Cc1ccc(O)cc1O. The summed E-state index contributed by atoms with van der Waals surface area (Å²) in [5, 5.41) is 18.1. The van der Waals surface area contributed by atoms with E-state index in [4.69, 9.17) is 10.8 Å². The van der Waals surface area contributed by atoms with E-state index in [9.17, 15) is 5.11 Å². The van der Waals surface area contributed by atoms with Crippen molar-refractivity contribution in [1.82, 2.24) is 0 Å². The Hall–Kier alpha value is -1.66. The molecule has 0 saturated carbocycles. The predicted molar refractivity (Wildman–Crippen MR) is 45.7 cm³/mol. The molecule has 1 aromatic carbocycles. The van der Waals surface area contributed by atoms with E-state index in [1.807, 2.05) is 0 Å². The van der Waals surface area contributed by atoms with Crippen molar-refractivity contribution in [2.24, 2.45) is 5.73 Å². The summed E-state index contributed by atoms with van der Waals surface area (Å²) in [5.74, 6) is 5.25. The minimum absolute atomic E-state index is 0.0193. The minimum Gasteiger partial charge on any atom is -0.508 e. The molecular weight excluding hydrogens is 154 g/mol. The zero-order valence-electron chi connectivity index (χ0n) is 6.41. The van der Waals surface area contributed by atoms with E-state index in [1.54, 1.807) is 0 Å². The van der Waals surface area contributed by atoms with E-state index >= 15 is 0 Å². The van der Waals surface area contributed by atoms with Gasteiger partial charge in [-0.15, -0.1) is 0 Å². The van der Waals surface area contributed by atoms with Crippen molar-refractivity contribution < 1.29 is 10.2 Å². The molecule has 62 valence electrons. The summed E-state index contributed by atoms with van der Waals surface area (Å²) in [4.78, 5) is 0. The van der Waals surface area contributed by atoms with Gasteiger partial charge in [-0.3, -0.25) is 0 Å². The molecule has 0 bridgehead atoms. The number of nitrogens with two attached hydrogens (primary N) is 1. The molecule has 1 rings (SSSR count). The maximum Gasteiger partial charge on any atom is 0.134 e. The van der Waals surface area contributed by atoms with Crippen LogP contribution in [0.2, 0.25) is 0 Å². The third-order valence-electron chi connectivity index (χ3n) is 1.31. The number of hydrogen-bond donors (Lipinski definition) is 3.